The van der Waals surface area contributed by atoms with Crippen molar-refractivity contribution in [2.24, 2.45) is 7.05 Å². The summed E-state index contributed by atoms with van der Waals surface area (Å²) in [6.07, 6.45) is 1.50. The molecule has 0 aliphatic heterocycles. The predicted molar refractivity (Wildman–Crippen MR) is 61.4 cm³/mol. The lowest BCUT2D eigenvalue weighted by Crippen LogP contribution is -1.97. The van der Waals surface area contributed by atoms with Gasteiger partial charge in [-0.25, -0.2) is 9.37 Å². The minimum Gasteiger partial charge on any atom is -0.399 e. The smallest absolute Gasteiger partial charge is 0.138 e. The summed E-state index contributed by atoms with van der Waals surface area (Å²) in [4.78, 5) is 4.87. The Balaban J connectivity index is 2.07. The van der Waals surface area contributed by atoms with E-state index in [0.717, 1.165) is 10.7 Å². The van der Waals surface area contributed by atoms with Crippen molar-refractivity contribution in [1.82, 2.24) is 14.8 Å². The normalized spacial score (nSPS) is 10.6. The van der Waals surface area contributed by atoms with Gasteiger partial charge in [0.15, 0.2) is 0 Å². The monoisotopic (exact) mass is 238 g/mol. The van der Waals surface area contributed by atoms with Gasteiger partial charge in [-0.05, 0) is 18.2 Å². The predicted octanol–water partition coefficient (Wildman–Crippen LogP) is 1.83. The molecule has 0 fully saturated rings. The molecule has 0 spiro atoms. The minimum absolute atomic E-state index is 0.319. The molecule has 0 aliphatic carbocycles. The van der Waals surface area contributed by atoms with E-state index in [0.29, 0.717) is 11.4 Å². The summed E-state index contributed by atoms with van der Waals surface area (Å²) < 4.78 is 14.7. The van der Waals surface area contributed by atoms with Gasteiger partial charge in [0.05, 0.1) is 5.75 Å². The van der Waals surface area contributed by atoms with Crippen molar-refractivity contribution in [3.63, 3.8) is 0 Å². The van der Waals surface area contributed by atoms with Crippen molar-refractivity contribution >= 4 is 17.4 Å². The summed E-state index contributed by atoms with van der Waals surface area (Å²) in [5.41, 5.74) is 5.98. The van der Waals surface area contributed by atoms with Crippen LogP contribution in [0.3, 0.4) is 0 Å². The van der Waals surface area contributed by atoms with Gasteiger partial charge in [-0.15, -0.1) is 11.8 Å². The van der Waals surface area contributed by atoms with Crippen LogP contribution in [-0.2, 0) is 12.8 Å². The van der Waals surface area contributed by atoms with E-state index in [1.807, 2.05) is 7.05 Å². The third-order valence-corrected chi connectivity index (χ3v) is 3.04. The molecule has 1 aromatic heterocycles. The van der Waals surface area contributed by atoms with Crippen LogP contribution in [0.4, 0.5) is 10.1 Å². The molecule has 1 heterocycles. The van der Waals surface area contributed by atoms with Crippen molar-refractivity contribution in [2.75, 3.05) is 5.73 Å². The summed E-state index contributed by atoms with van der Waals surface area (Å²) in [7, 11) is 1.82. The second-order valence-electron chi connectivity index (χ2n) is 3.31. The highest BCUT2D eigenvalue weighted by atomic mass is 32.2. The molecule has 0 atom stereocenters. The summed E-state index contributed by atoms with van der Waals surface area (Å²) in [6, 6.07) is 4.49. The van der Waals surface area contributed by atoms with Gasteiger partial charge < -0.3 is 5.73 Å². The summed E-state index contributed by atoms with van der Waals surface area (Å²) >= 11 is 1.48. The van der Waals surface area contributed by atoms with E-state index >= 15 is 0 Å². The fourth-order valence-electron chi connectivity index (χ4n) is 1.27. The number of nitrogens with zero attached hydrogens (tertiary/aromatic N) is 3. The van der Waals surface area contributed by atoms with Gasteiger partial charge >= 0.3 is 0 Å². The van der Waals surface area contributed by atoms with Crippen molar-refractivity contribution in [1.29, 1.82) is 0 Å². The molecule has 2 N–H and O–H groups in total. The SMILES string of the molecule is Cn1ncnc1CSc1cc(N)cc(F)c1. The van der Waals surface area contributed by atoms with E-state index < -0.39 is 0 Å². The quantitative estimate of drug-likeness (QED) is 0.654. The molecule has 0 aliphatic rings. The van der Waals surface area contributed by atoms with E-state index in [2.05, 4.69) is 10.1 Å². The van der Waals surface area contributed by atoms with Crippen molar-refractivity contribution in [3.05, 3.63) is 36.2 Å². The molecule has 0 saturated heterocycles. The minimum atomic E-state index is -0.319. The Morgan fingerprint density at radius 1 is 1.44 bits per heavy atom. The number of rotatable bonds is 3. The van der Waals surface area contributed by atoms with E-state index in [4.69, 9.17) is 5.73 Å². The van der Waals surface area contributed by atoms with E-state index in [1.165, 1.54) is 30.2 Å². The summed E-state index contributed by atoms with van der Waals surface area (Å²) in [6.45, 7) is 0. The Morgan fingerprint density at radius 2 is 2.25 bits per heavy atom. The maximum absolute atomic E-state index is 13.0. The van der Waals surface area contributed by atoms with E-state index in [-0.39, 0.29) is 5.82 Å². The van der Waals surface area contributed by atoms with Crippen LogP contribution in [0.15, 0.2) is 29.4 Å². The standard InChI is InChI=1S/C10H11FN4S/c1-15-10(13-6-14-15)5-16-9-3-7(11)2-8(12)4-9/h2-4,6H,5,12H2,1H3. The second-order valence-corrected chi connectivity index (χ2v) is 4.36. The highest BCUT2D eigenvalue weighted by molar-refractivity contribution is 7.98. The third-order valence-electron chi connectivity index (χ3n) is 2.07. The van der Waals surface area contributed by atoms with Gasteiger partial charge in [-0.2, -0.15) is 5.10 Å². The number of nitrogen functional groups attached to an aromatic ring is 1. The number of hydrogen-bond acceptors (Lipinski definition) is 4. The Labute approximate surface area is 96.7 Å². The Hall–Kier alpha value is -1.56. The first-order chi connectivity index (χ1) is 7.65. The summed E-state index contributed by atoms with van der Waals surface area (Å²) in [5, 5.41) is 3.96. The Morgan fingerprint density at radius 3 is 2.88 bits per heavy atom. The number of nitrogens with two attached hydrogens (primary N) is 1. The fraction of sp³-hybridized carbons (Fsp3) is 0.200. The molecule has 1 aromatic carbocycles. The highest BCUT2D eigenvalue weighted by Crippen LogP contribution is 2.24. The first-order valence-electron chi connectivity index (χ1n) is 4.67. The molecule has 0 amide bonds. The van der Waals surface area contributed by atoms with E-state index in [1.54, 1.807) is 10.7 Å². The first kappa shape index (κ1) is 10.9. The van der Waals surface area contributed by atoms with Crippen LogP contribution in [-0.4, -0.2) is 14.8 Å². The number of aromatic nitrogens is 3. The molecule has 0 unspecified atom stereocenters. The van der Waals surface area contributed by atoms with Gasteiger partial charge in [0.2, 0.25) is 0 Å². The Bertz CT molecular complexity index is 477. The molecule has 4 nitrogen and oxygen atoms in total. The zero-order valence-electron chi connectivity index (χ0n) is 8.72. The molecule has 0 saturated carbocycles. The number of anilines is 1. The average Bonchev–Trinajstić information content (AvgIpc) is 2.59. The van der Waals surface area contributed by atoms with Crippen molar-refractivity contribution < 1.29 is 4.39 Å². The van der Waals surface area contributed by atoms with Crippen LogP contribution in [0.25, 0.3) is 0 Å². The van der Waals surface area contributed by atoms with Crippen LogP contribution in [0, 0.1) is 5.82 Å². The molecule has 6 heteroatoms. The van der Waals surface area contributed by atoms with Gasteiger partial charge in [-0.1, -0.05) is 0 Å². The fourth-order valence-corrected chi connectivity index (χ4v) is 2.24. The average molecular weight is 238 g/mol. The van der Waals surface area contributed by atoms with Crippen LogP contribution in [0.1, 0.15) is 5.82 Å². The molecule has 2 aromatic rings. The number of halogens is 1. The third kappa shape index (κ3) is 2.52. The number of aryl methyl sites for hydroxylation is 1. The van der Waals surface area contributed by atoms with E-state index in [9.17, 15) is 4.39 Å². The Kier molecular flexibility index (Phi) is 3.09. The molecule has 0 radical (unpaired) electrons. The zero-order chi connectivity index (χ0) is 11.5. The number of hydrogen-bond donors (Lipinski definition) is 1. The first-order valence-corrected chi connectivity index (χ1v) is 5.65. The van der Waals surface area contributed by atoms with Gasteiger partial charge in [0.25, 0.3) is 0 Å². The highest BCUT2D eigenvalue weighted by Gasteiger charge is 2.03. The van der Waals surface area contributed by atoms with Crippen molar-refractivity contribution in [2.45, 2.75) is 10.6 Å². The summed E-state index contributed by atoms with van der Waals surface area (Å²) in [5.74, 6) is 1.16. The molecular formula is C10H11FN4S. The zero-order valence-corrected chi connectivity index (χ0v) is 9.54. The van der Waals surface area contributed by atoms with Gasteiger partial charge in [0.1, 0.15) is 18.0 Å². The maximum atomic E-state index is 13.0. The topological polar surface area (TPSA) is 56.7 Å². The lowest BCUT2D eigenvalue weighted by atomic mass is 10.3. The van der Waals surface area contributed by atoms with Crippen LogP contribution < -0.4 is 5.73 Å². The maximum Gasteiger partial charge on any atom is 0.138 e. The lowest BCUT2D eigenvalue weighted by Gasteiger charge is -2.03. The van der Waals surface area contributed by atoms with Crippen LogP contribution in [0.2, 0.25) is 0 Å². The molecule has 16 heavy (non-hydrogen) atoms. The molecule has 2 rings (SSSR count). The number of benzene rings is 1. The molecule has 0 bridgehead atoms. The largest absolute Gasteiger partial charge is 0.399 e. The van der Waals surface area contributed by atoms with Crippen LogP contribution >= 0.6 is 11.8 Å². The second kappa shape index (κ2) is 4.52. The van der Waals surface area contributed by atoms with Gasteiger partial charge in [-0.3, -0.25) is 4.68 Å². The lowest BCUT2D eigenvalue weighted by molar-refractivity contribution is 0.625. The molecular weight excluding hydrogens is 227 g/mol. The van der Waals surface area contributed by atoms with Crippen LogP contribution in [0.5, 0.6) is 0 Å². The molecule has 84 valence electrons. The van der Waals surface area contributed by atoms with Gasteiger partial charge in [0, 0.05) is 17.6 Å². The van der Waals surface area contributed by atoms with Crippen molar-refractivity contribution in [3.8, 4) is 0 Å². The number of thioether (sulfide) groups is 1.